The van der Waals surface area contributed by atoms with E-state index in [2.05, 4.69) is 53.7 Å². The molecule has 5 aliphatic rings. The Labute approximate surface area is 237 Å². The molecular weight excluding hydrogens is 486 g/mol. The average Bonchev–Trinajstić information content (AvgIpc) is 3.14. The minimum absolute atomic E-state index is 0.0271. The van der Waals surface area contributed by atoms with Crippen LogP contribution in [0.25, 0.3) is 0 Å². The van der Waals surface area contributed by atoms with Crippen LogP contribution in [0.5, 0.6) is 0 Å². The number of hydrogen-bond acceptors (Lipinski definition) is 4. The van der Waals surface area contributed by atoms with Crippen molar-refractivity contribution in [1.29, 1.82) is 0 Å². The predicted octanol–water partition coefficient (Wildman–Crippen LogP) is 7.27. The van der Waals surface area contributed by atoms with E-state index in [4.69, 9.17) is 4.74 Å². The third-order valence-corrected chi connectivity index (χ3v) is 12.3. The molecule has 0 aromatic rings. The van der Waals surface area contributed by atoms with Crippen LogP contribution in [0.2, 0.25) is 0 Å². The Bertz CT molecular complexity index is 988. The third kappa shape index (κ3) is 5.02. The van der Waals surface area contributed by atoms with Gasteiger partial charge in [0.1, 0.15) is 6.10 Å². The van der Waals surface area contributed by atoms with Crippen molar-refractivity contribution in [2.75, 3.05) is 13.1 Å². The van der Waals surface area contributed by atoms with Gasteiger partial charge in [-0.2, -0.15) is 0 Å². The first-order chi connectivity index (χ1) is 18.4. The number of allylic oxidation sites excluding steroid dienone is 3. The van der Waals surface area contributed by atoms with Crippen LogP contribution < -0.4 is 0 Å². The Morgan fingerprint density at radius 1 is 1.08 bits per heavy atom. The molecule has 0 aliphatic heterocycles. The van der Waals surface area contributed by atoms with E-state index in [0.717, 1.165) is 64.2 Å². The molecule has 0 aromatic carbocycles. The molecule has 2 N–H and O–H groups in total. The van der Waals surface area contributed by atoms with Gasteiger partial charge >= 0.3 is 6.09 Å². The Balaban J connectivity index is 1.34. The lowest BCUT2D eigenvalue weighted by Crippen LogP contribution is -2.57. The normalized spacial score (nSPS) is 43.6. The predicted molar refractivity (Wildman–Crippen MR) is 156 cm³/mol. The van der Waals surface area contributed by atoms with Crippen LogP contribution in [-0.2, 0) is 4.74 Å². The standard InChI is InChI=1S/C34H55NO4/c1-7-18-35(31(37)39-30-19-23(4)8-10-26(30)22(2)3)21-34(38)17-14-29-27-11-9-24-20-25(36)12-15-32(24,5)28(27)13-16-33(29,34)6/h9,11,22-23,25-26,28-30,36,38H,7-8,10,12-21H2,1-6H3. The molecule has 4 fully saturated rings. The van der Waals surface area contributed by atoms with E-state index in [1.54, 1.807) is 0 Å². The van der Waals surface area contributed by atoms with Crippen LogP contribution in [-0.4, -0.2) is 52.1 Å². The van der Waals surface area contributed by atoms with Crippen molar-refractivity contribution in [3.8, 4) is 0 Å². The van der Waals surface area contributed by atoms with E-state index in [9.17, 15) is 15.0 Å². The number of amides is 1. The van der Waals surface area contributed by atoms with Gasteiger partial charge in [0, 0.05) is 12.0 Å². The minimum atomic E-state index is -0.914. The lowest BCUT2D eigenvalue weighted by Gasteiger charge is -2.56. The quantitative estimate of drug-likeness (QED) is 0.371. The van der Waals surface area contributed by atoms with E-state index in [1.807, 2.05) is 4.90 Å². The maximum atomic E-state index is 13.7. The van der Waals surface area contributed by atoms with Gasteiger partial charge in [-0.1, -0.05) is 71.3 Å². The van der Waals surface area contributed by atoms with Crippen LogP contribution in [0.4, 0.5) is 4.79 Å². The van der Waals surface area contributed by atoms with Gasteiger partial charge in [0.2, 0.25) is 0 Å². The Morgan fingerprint density at radius 3 is 2.54 bits per heavy atom. The number of aliphatic hydroxyl groups is 2. The van der Waals surface area contributed by atoms with Gasteiger partial charge in [-0.25, -0.2) is 4.79 Å². The number of fused-ring (bicyclic) bond motifs is 5. The fraction of sp³-hybridized carbons (Fsp3) is 0.853. The van der Waals surface area contributed by atoms with E-state index in [-0.39, 0.29) is 29.1 Å². The van der Waals surface area contributed by atoms with Gasteiger partial charge in [-0.05, 0) is 99.2 Å². The van der Waals surface area contributed by atoms with Crippen molar-refractivity contribution < 1.29 is 19.7 Å². The highest BCUT2D eigenvalue weighted by atomic mass is 16.6. The second kappa shape index (κ2) is 10.8. The summed E-state index contributed by atoms with van der Waals surface area (Å²) in [7, 11) is 0. The largest absolute Gasteiger partial charge is 0.446 e. The molecule has 0 heterocycles. The van der Waals surface area contributed by atoms with E-state index >= 15 is 0 Å². The number of carbonyl (C=O) groups excluding carboxylic acids is 1. The van der Waals surface area contributed by atoms with Crippen LogP contribution in [0.15, 0.2) is 23.3 Å². The number of nitrogens with zero attached hydrogens (tertiary/aromatic N) is 1. The Morgan fingerprint density at radius 2 is 1.82 bits per heavy atom. The van der Waals surface area contributed by atoms with Crippen molar-refractivity contribution in [2.24, 2.45) is 40.4 Å². The molecule has 5 aliphatic carbocycles. The van der Waals surface area contributed by atoms with Crippen LogP contribution >= 0.6 is 0 Å². The highest BCUT2D eigenvalue weighted by Gasteiger charge is 2.62. The molecule has 220 valence electrons. The van der Waals surface area contributed by atoms with Crippen molar-refractivity contribution in [3.05, 3.63) is 23.3 Å². The molecule has 0 radical (unpaired) electrons. The van der Waals surface area contributed by atoms with E-state index in [0.29, 0.717) is 42.7 Å². The molecule has 5 nitrogen and oxygen atoms in total. The molecule has 0 bridgehead atoms. The molecule has 9 unspecified atom stereocenters. The van der Waals surface area contributed by atoms with Gasteiger partial charge < -0.3 is 19.8 Å². The van der Waals surface area contributed by atoms with Crippen LogP contribution in [0.3, 0.4) is 0 Å². The average molecular weight is 542 g/mol. The summed E-state index contributed by atoms with van der Waals surface area (Å²) in [5.41, 5.74) is 1.90. The lowest BCUT2D eigenvalue weighted by atomic mass is 9.50. The summed E-state index contributed by atoms with van der Waals surface area (Å²) in [5, 5.41) is 22.7. The molecule has 0 saturated heterocycles. The van der Waals surface area contributed by atoms with Gasteiger partial charge in [-0.3, -0.25) is 0 Å². The summed E-state index contributed by atoms with van der Waals surface area (Å²) >= 11 is 0. The maximum Gasteiger partial charge on any atom is 0.410 e. The smallest absolute Gasteiger partial charge is 0.410 e. The number of rotatable bonds is 6. The number of carbonyl (C=O) groups is 1. The van der Waals surface area contributed by atoms with Gasteiger partial charge in [0.05, 0.1) is 18.2 Å². The first-order valence-corrected chi connectivity index (χ1v) is 16.2. The van der Waals surface area contributed by atoms with Crippen molar-refractivity contribution in [3.63, 3.8) is 0 Å². The zero-order valence-corrected chi connectivity index (χ0v) is 25.5. The highest BCUT2D eigenvalue weighted by Crippen LogP contribution is 2.66. The monoisotopic (exact) mass is 541 g/mol. The number of hydrogen-bond donors (Lipinski definition) is 2. The third-order valence-electron chi connectivity index (χ3n) is 12.3. The van der Waals surface area contributed by atoms with E-state index in [1.165, 1.54) is 17.6 Å². The van der Waals surface area contributed by atoms with Gasteiger partial charge in [0.15, 0.2) is 0 Å². The van der Waals surface area contributed by atoms with Crippen molar-refractivity contribution in [1.82, 2.24) is 4.90 Å². The summed E-state index contributed by atoms with van der Waals surface area (Å²) in [6.45, 7) is 14.6. The fourth-order valence-corrected chi connectivity index (χ4v) is 9.63. The van der Waals surface area contributed by atoms with Crippen molar-refractivity contribution in [2.45, 2.75) is 130 Å². The fourth-order valence-electron chi connectivity index (χ4n) is 9.63. The molecule has 0 spiro atoms. The second-order valence-electron chi connectivity index (χ2n) is 15.0. The molecule has 1 amide bonds. The summed E-state index contributed by atoms with van der Waals surface area (Å²) in [5.74, 6) is 2.34. The first kappa shape index (κ1) is 29.2. The van der Waals surface area contributed by atoms with Crippen LogP contribution in [0.1, 0.15) is 112 Å². The molecule has 4 saturated carbocycles. The summed E-state index contributed by atoms with van der Waals surface area (Å²) in [4.78, 5) is 15.5. The molecule has 9 atom stereocenters. The zero-order chi connectivity index (χ0) is 28.2. The molecule has 39 heavy (non-hydrogen) atoms. The topological polar surface area (TPSA) is 70.0 Å². The molecular formula is C34H55NO4. The molecule has 0 aromatic heterocycles. The Hall–Kier alpha value is -1.33. The first-order valence-electron chi connectivity index (χ1n) is 16.2. The summed E-state index contributed by atoms with van der Waals surface area (Å²) in [6, 6.07) is 0. The minimum Gasteiger partial charge on any atom is -0.446 e. The highest BCUT2D eigenvalue weighted by molar-refractivity contribution is 5.68. The number of aliphatic hydroxyl groups excluding tert-OH is 1. The SMILES string of the molecule is CCCN(CC1(O)CCC2C3=CC=C4CC(O)CCC4(C)C3CCC21C)C(=O)OC1CC(C)CCC1C(C)C. The zero-order valence-electron chi connectivity index (χ0n) is 25.5. The number of ether oxygens (including phenoxy) is 1. The summed E-state index contributed by atoms with van der Waals surface area (Å²) in [6.07, 6.45) is 14.8. The maximum absolute atomic E-state index is 13.7. The van der Waals surface area contributed by atoms with Gasteiger partial charge in [-0.15, -0.1) is 0 Å². The van der Waals surface area contributed by atoms with Crippen molar-refractivity contribution >= 4 is 6.09 Å². The second-order valence-corrected chi connectivity index (χ2v) is 15.0. The van der Waals surface area contributed by atoms with E-state index < -0.39 is 5.60 Å². The van der Waals surface area contributed by atoms with Crippen LogP contribution in [0, 0.1) is 40.4 Å². The lowest BCUT2D eigenvalue weighted by molar-refractivity contribution is -0.103. The summed E-state index contributed by atoms with van der Waals surface area (Å²) < 4.78 is 6.28. The molecule has 5 rings (SSSR count). The Kier molecular flexibility index (Phi) is 8.09. The molecule has 5 heteroatoms. The van der Waals surface area contributed by atoms with Gasteiger partial charge in [0.25, 0.3) is 0 Å².